The number of benzene rings is 1. The molecule has 1 unspecified atom stereocenters. The molecule has 1 aromatic heterocycles. The van der Waals surface area contributed by atoms with E-state index in [0.29, 0.717) is 5.69 Å². The van der Waals surface area contributed by atoms with Crippen molar-refractivity contribution in [2.24, 2.45) is 7.05 Å². The minimum absolute atomic E-state index is 0.220. The molecule has 0 bridgehead atoms. The van der Waals surface area contributed by atoms with Gasteiger partial charge in [0, 0.05) is 24.6 Å². The third-order valence-corrected chi connectivity index (χ3v) is 4.32. The normalized spacial score (nSPS) is 17.6. The Bertz CT molecular complexity index is 711. The lowest BCUT2D eigenvalue weighted by molar-refractivity contribution is -0.121. The molecule has 0 radical (unpaired) electrons. The summed E-state index contributed by atoms with van der Waals surface area (Å²) in [6, 6.07) is 12.9. The quantitative estimate of drug-likeness (QED) is 0.907. The van der Waals surface area contributed by atoms with Gasteiger partial charge in [-0.3, -0.25) is 15.0 Å². The second kappa shape index (κ2) is 7.31. The topological polar surface area (TPSA) is 66.4 Å². The Balaban J connectivity index is 1.54. The lowest BCUT2D eigenvalue weighted by Gasteiger charge is -2.24. The summed E-state index contributed by atoms with van der Waals surface area (Å²) in [6.07, 6.45) is 4.10. The highest BCUT2D eigenvalue weighted by Gasteiger charge is 2.29. The van der Waals surface area contributed by atoms with E-state index in [0.717, 1.165) is 19.4 Å². The number of nitrogens with one attached hydrogen (secondary N) is 2. The zero-order valence-corrected chi connectivity index (χ0v) is 13.7. The molecule has 1 aromatic carbocycles. The fourth-order valence-electron chi connectivity index (χ4n) is 3.21. The first-order valence-electron chi connectivity index (χ1n) is 8.14. The van der Waals surface area contributed by atoms with E-state index in [1.54, 1.807) is 12.1 Å². The van der Waals surface area contributed by atoms with Crippen molar-refractivity contribution in [3.63, 3.8) is 0 Å². The highest BCUT2D eigenvalue weighted by atomic mass is 16.2. The van der Waals surface area contributed by atoms with Crippen LogP contribution in [0.4, 0.5) is 10.5 Å². The first-order chi connectivity index (χ1) is 11.6. The summed E-state index contributed by atoms with van der Waals surface area (Å²) in [5, 5.41) is 5.05. The van der Waals surface area contributed by atoms with E-state index in [9.17, 15) is 9.59 Å². The third-order valence-electron chi connectivity index (χ3n) is 4.32. The monoisotopic (exact) mass is 326 g/mol. The van der Waals surface area contributed by atoms with Crippen LogP contribution in [0.1, 0.15) is 24.6 Å². The Kier molecular flexibility index (Phi) is 4.96. The van der Waals surface area contributed by atoms with Crippen LogP contribution in [0.5, 0.6) is 0 Å². The summed E-state index contributed by atoms with van der Waals surface area (Å²) >= 11 is 0. The van der Waals surface area contributed by atoms with Gasteiger partial charge < -0.3 is 9.88 Å². The molecule has 1 aliphatic heterocycles. The van der Waals surface area contributed by atoms with Gasteiger partial charge in [0.2, 0.25) is 5.91 Å². The molecule has 0 saturated carbocycles. The van der Waals surface area contributed by atoms with Gasteiger partial charge in [-0.2, -0.15) is 0 Å². The Morgan fingerprint density at radius 3 is 2.67 bits per heavy atom. The molecule has 3 rings (SSSR count). The number of amides is 3. The zero-order chi connectivity index (χ0) is 16.9. The van der Waals surface area contributed by atoms with Gasteiger partial charge in [0.25, 0.3) is 0 Å². The minimum Gasteiger partial charge on any atom is -0.353 e. The number of carbonyl (C=O) groups excluding carboxylic acids is 2. The number of para-hydroxylation sites is 1. The van der Waals surface area contributed by atoms with Gasteiger partial charge in [0.15, 0.2) is 0 Å². The summed E-state index contributed by atoms with van der Waals surface area (Å²) in [4.78, 5) is 26.2. The van der Waals surface area contributed by atoms with Crippen molar-refractivity contribution in [3.8, 4) is 0 Å². The van der Waals surface area contributed by atoms with Crippen molar-refractivity contribution in [1.82, 2.24) is 14.8 Å². The molecule has 2 N–H and O–H groups in total. The van der Waals surface area contributed by atoms with Gasteiger partial charge in [-0.15, -0.1) is 0 Å². The van der Waals surface area contributed by atoms with E-state index in [2.05, 4.69) is 26.2 Å². The van der Waals surface area contributed by atoms with Crippen LogP contribution in [0, 0.1) is 0 Å². The number of rotatable bonds is 4. The van der Waals surface area contributed by atoms with Crippen molar-refractivity contribution in [1.29, 1.82) is 0 Å². The van der Waals surface area contributed by atoms with Crippen LogP contribution in [0.15, 0.2) is 48.7 Å². The first-order valence-corrected chi connectivity index (χ1v) is 8.14. The number of aryl methyl sites for hydroxylation is 1. The molecule has 126 valence electrons. The maximum atomic E-state index is 12.2. The van der Waals surface area contributed by atoms with Crippen LogP contribution in [-0.2, 0) is 11.8 Å². The molecule has 6 nitrogen and oxygen atoms in total. The number of imide groups is 1. The first kappa shape index (κ1) is 16.3. The Labute approximate surface area is 141 Å². The average Bonchev–Trinajstić information content (AvgIpc) is 3.16. The predicted molar refractivity (Wildman–Crippen MR) is 92.6 cm³/mol. The minimum atomic E-state index is -0.499. The van der Waals surface area contributed by atoms with Crippen LogP contribution in [-0.4, -0.2) is 34.5 Å². The van der Waals surface area contributed by atoms with Crippen molar-refractivity contribution >= 4 is 17.6 Å². The number of carbonyl (C=O) groups is 2. The fourth-order valence-corrected chi connectivity index (χ4v) is 3.21. The van der Waals surface area contributed by atoms with Gasteiger partial charge in [-0.1, -0.05) is 18.2 Å². The summed E-state index contributed by atoms with van der Waals surface area (Å²) in [6.45, 7) is 1.08. The number of nitrogens with zero attached hydrogens (tertiary/aromatic N) is 2. The molecule has 1 atom stereocenters. The maximum absolute atomic E-state index is 12.2. The zero-order valence-electron chi connectivity index (χ0n) is 13.7. The number of likely N-dealkylation sites (tertiary alicyclic amines) is 1. The Morgan fingerprint density at radius 2 is 1.96 bits per heavy atom. The molecule has 2 aromatic rings. The van der Waals surface area contributed by atoms with Crippen LogP contribution >= 0.6 is 0 Å². The van der Waals surface area contributed by atoms with Crippen molar-refractivity contribution in [2.75, 3.05) is 18.4 Å². The molecule has 1 saturated heterocycles. The molecule has 2 heterocycles. The highest BCUT2D eigenvalue weighted by molar-refractivity contribution is 6.01. The number of hydrogen-bond donors (Lipinski definition) is 2. The molecule has 1 aliphatic rings. The van der Waals surface area contributed by atoms with Crippen molar-refractivity contribution < 1.29 is 9.59 Å². The maximum Gasteiger partial charge on any atom is 0.325 e. The third kappa shape index (κ3) is 3.83. The summed E-state index contributed by atoms with van der Waals surface area (Å²) < 4.78 is 2.09. The van der Waals surface area contributed by atoms with Gasteiger partial charge in [0.1, 0.15) is 0 Å². The molecule has 0 aliphatic carbocycles. The van der Waals surface area contributed by atoms with E-state index in [1.807, 2.05) is 37.5 Å². The van der Waals surface area contributed by atoms with Crippen LogP contribution in [0.3, 0.4) is 0 Å². The number of hydrogen-bond acceptors (Lipinski definition) is 3. The van der Waals surface area contributed by atoms with Gasteiger partial charge in [-0.05, 0) is 43.7 Å². The van der Waals surface area contributed by atoms with Gasteiger partial charge in [0.05, 0.1) is 12.6 Å². The molecular weight excluding hydrogens is 304 g/mol. The summed E-state index contributed by atoms with van der Waals surface area (Å²) in [7, 11) is 2.01. The Hall–Kier alpha value is -2.60. The molecule has 1 fully saturated rings. The lowest BCUT2D eigenvalue weighted by Crippen LogP contribution is -2.41. The summed E-state index contributed by atoms with van der Waals surface area (Å²) in [5.41, 5.74) is 1.86. The number of urea groups is 1. The van der Waals surface area contributed by atoms with E-state index < -0.39 is 6.03 Å². The van der Waals surface area contributed by atoms with Crippen molar-refractivity contribution in [3.05, 3.63) is 54.4 Å². The van der Waals surface area contributed by atoms with Crippen molar-refractivity contribution in [2.45, 2.75) is 18.9 Å². The fraction of sp³-hybridized carbons (Fsp3) is 0.333. The molecule has 3 amide bonds. The Morgan fingerprint density at radius 1 is 1.17 bits per heavy atom. The molecule has 24 heavy (non-hydrogen) atoms. The number of aromatic nitrogens is 1. The van der Waals surface area contributed by atoms with Crippen LogP contribution in [0.2, 0.25) is 0 Å². The molecule has 0 spiro atoms. The van der Waals surface area contributed by atoms with Gasteiger partial charge in [-0.25, -0.2) is 4.79 Å². The van der Waals surface area contributed by atoms with Gasteiger partial charge >= 0.3 is 6.03 Å². The summed E-state index contributed by atoms with van der Waals surface area (Å²) in [5.74, 6) is -0.287. The molecule has 6 heteroatoms. The number of anilines is 1. The average molecular weight is 326 g/mol. The standard InChI is InChI=1S/C18H22N4O2/c1-21-11-5-9-15(21)16-10-6-12-22(16)13-17(23)20-18(24)19-14-7-3-2-4-8-14/h2-5,7-9,11,16H,6,10,12-13H2,1H3,(H2,19,20,23,24). The van der Waals surface area contributed by atoms with E-state index in [-0.39, 0.29) is 18.5 Å². The van der Waals surface area contributed by atoms with E-state index >= 15 is 0 Å². The van der Waals surface area contributed by atoms with Crippen LogP contribution < -0.4 is 10.6 Å². The van der Waals surface area contributed by atoms with E-state index in [1.165, 1.54) is 5.69 Å². The van der Waals surface area contributed by atoms with Crippen LogP contribution in [0.25, 0.3) is 0 Å². The second-order valence-electron chi connectivity index (χ2n) is 6.04. The predicted octanol–water partition coefficient (Wildman–Crippen LogP) is 2.51. The molecular formula is C18H22N4O2. The smallest absolute Gasteiger partial charge is 0.325 e. The SMILES string of the molecule is Cn1cccc1C1CCCN1CC(=O)NC(=O)Nc1ccccc1. The second-order valence-corrected chi connectivity index (χ2v) is 6.04. The lowest BCUT2D eigenvalue weighted by atomic mass is 10.1. The largest absolute Gasteiger partial charge is 0.353 e. The van der Waals surface area contributed by atoms with E-state index in [4.69, 9.17) is 0 Å². The highest BCUT2D eigenvalue weighted by Crippen LogP contribution is 2.31.